The monoisotopic (exact) mass is 1290 g/mol. The van der Waals surface area contributed by atoms with Crippen molar-refractivity contribution in [1.29, 1.82) is 4.78 Å². The summed E-state index contributed by atoms with van der Waals surface area (Å²) in [7, 11) is -0.624. The fourth-order valence-corrected chi connectivity index (χ4v) is 6.36. The molecule has 0 bridgehead atoms. The zero-order chi connectivity index (χ0) is 55.0. The summed E-state index contributed by atoms with van der Waals surface area (Å²) in [5.74, 6) is 4.17. The molecule has 0 aliphatic rings. The molecule has 0 aliphatic carbocycles. The van der Waals surface area contributed by atoms with Crippen LogP contribution in [0.5, 0.6) is 0 Å². The van der Waals surface area contributed by atoms with Crippen LogP contribution in [0.15, 0.2) is 0 Å². The SMILES string of the molecule is CCN(CCCCl)C(C)C.CCN(CCCCl)C(C)C.CCN(CCCS(=N)N)C(C)C.CCN(CCCS)C(C)C.CCNC(C)C.CCO.Cl.ClCCCBr.NC(N)=S.O=CO[O-].[2H]CC.[H-].[K+].[K+].[Na+].[OH-]. The van der Waals surface area contributed by atoms with Crippen LogP contribution in [0.25, 0.3) is 0 Å². The molecule has 0 saturated heterocycles. The minimum atomic E-state index is -0.624. The minimum absolute atomic E-state index is 0. The Hall–Kier alpha value is 5.21. The minimum Gasteiger partial charge on any atom is -1.00 e. The topological polar surface area (TPSA) is 226 Å². The molecule has 71 heavy (non-hydrogen) atoms. The second-order valence-electron chi connectivity index (χ2n) is 14.9. The van der Waals surface area contributed by atoms with Crippen LogP contribution in [0, 0.1) is 4.78 Å². The average molecular weight is 1290 g/mol. The fourth-order valence-electron chi connectivity index (χ4n) is 4.81. The Bertz CT molecular complexity index is 863. The standard InChI is InChI=1S/2C8H18ClN.C8H21N3S.C8H19NS.C5H13N.C3H6BrCl.C2H6O.C2H6.CH4N2S.CH2O3.ClH.2K.Na.H2O.H/c2*1-4-10(8(2)3)7-5-6-9;1-4-11(8(2)3)6-5-7-12(9)10;1-4-9(8(2)3)6-5-7-10;1-4-6-5(2)3;4-2-1-3-5;1-2-3;1-2;2-1(3)4;2-1-4-3;;;;;;/h2*8H,4-7H2,1-3H3;8H,4-7H2,1-3H3,(H3,9,10);8,10H,4-7H2,1-3H3;5-6H,4H2,1-3H3;1-3H2;3H,2H2,1H3;1-2H3;(H4,2,3,4);1,3H;1H;;;;1H2;/q;;;;;;;;;;;3*+1;;-1/p-2/i;;;;;;;1D;;;;;;;;. The number of aliphatic hydroxyl groups is 1. The second-order valence-corrected chi connectivity index (χ2v) is 19.0. The molecule has 0 aliphatic heterocycles. The molecule has 0 rings (SSSR count). The van der Waals surface area contributed by atoms with Gasteiger partial charge in [-0.15, -0.1) is 47.2 Å². The maximum atomic E-state index is 8.64. The number of carbonyl (C=O) groups excluding carboxylic acids is 1. The zero-order valence-corrected chi connectivity index (χ0v) is 64.8. The van der Waals surface area contributed by atoms with Crippen LogP contribution in [0.1, 0.15) is 160 Å². The summed E-state index contributed by atoms with van der Waals surface area (Å²) in [5.41, 5.74) is 9.24. The quantitative estimate of drug-likeness (QED) is 0.0123. The second kappa shape index (κ2) is 107. The van der Waals surface area contributed by atoms with Crippen LogP contribution in [0.3, 0.4) is 0 Å². The van der Waals surface area contributed by atoms with E-state index in [9.17, 15) is 0 Å². The Labute approximate surface area is 595 Å². The van der Waals surface area contributed by atoms with Gasteiger partial charge < -0.3 is 58.5 Å². The van der Waals surface area contributed by atoms with Crippen molar-refractivity contribution >= 4 is 110 Å². The number of alkyl halides is 4. The van der Waals surface area contributed by atoms with Gasteiger partial charge in [0.1, 0.15) is 0 Å². The predicted molar refractivity (Wildman–Crippen MR) is 323 cm³/mol. The normalized spacial score (nSPS) is 9.80. The van der Waals surface area contributed by atoms with Gasteiger partial charge in [-0.2, -0.15) is 12.6 Å². The number of nitrogens with zero attached hydrogens (tertiary/aromatic N) is 4. The molecular weight excluding hydrogens is 1180 g/mol. The van der Waals surface area contributed by atoms with Crippen molar-refractivity contribution in [3.8, 4) is 0 Å². The Morgan fingerprint density at radius 2 is 1.03 bits per heavy atom. The van der Waals surface area contributed by atoms with Gasteiger partial charge in [-0.3, -0.25) is 14.7 Å². The van der Waals surface area contributed by atoms with E-state index >= 15 is 0 Å². The number of thiocarbonyl (C=S) groups is 1. The summed E-state index contributed by atoms with van der Waals surface area (Å²) < 4.78 is 13.4. The van der Waals surface area contributed by atoms with E-state index in [-0.39, 0.29) is 170 Å². The molecule has 0 aromatic heterocycles. The number of aliphatic hydroxyl groups excluding tert-OH is 1. The van der Waals surface area contributed by atoms with Crippen LogP contribution in [-0.2, 0) is 20.6 Å². The van der Waals surface area contributed by atoms with Crippen molar-refractivity contribution in [3.63, 3.8) is 0 Å². The molecular formula is C46H115BrCl4K2N9NaO5S3. The van der Waals surface area contributed by atoms with Gasteiger partial charge in [0.15, 0.2) is 5.11 Å². The largest absolute Gasteiger partial charge is 1.00 e. The van der Waals surface area contributed by atoms with Crippen molar-refractivity contribution in [3.05, 3.63) is 0 Å². The Kier molecular flexibility index (Phi) is 168. The number of nitrogens with one attached hydrogen (secondary N) is 2. The summed E-state index contributed by atoms with van der Waals surface area (Å²) in [6.45, 7) is 47.1. The van der Waals surface area contributed by atoms with Gasteiger partial charge in [-0.05, 0) is 182 Å². The van der Waals surface area contributed by atoms with Crippen molar-refractivity contribution in [1.82, 2.24) is 24.9 Å². The van der Waals surface area contributed by atoms with E-state index in [2.05, 4.69) is 186 Å². The van der Waals surface area contributed by atoms with E-state index in [1.165, 1.54) is 13.0 Å². The van der Waals surface area contributed by atoms with Gasteiger partial charge >= 0.3 is 132 Å². The van der Waals surface area contributed by atoms with Gasteiger partial charge in [-0.25, -0.2) is 0 Å². The smallest absolute Gasteiger partial charge is 1.00 e. The third kappa shape index (κ3) is 142. The summed E-state index contributed by atoms with van der Waals surface area (Å²) in [4.78, 5) is 20.9. The molecule has 430 valence electrons. The molecule has 1 unspecified atom stereocenters. The maximum Gasteiger partial charge on any atom is 1.00 e. The summed E-state index contributed by atoms with van der Waals surface area (Å²) >= 11 is 27.9. The molecule has 0 spiro atoms. The number of carbonyl (C=O) groups is 1. The number of rotatable bonds is 26. The third-order valence-electron chi connectivity index (χ3n) is 8.04. The molecule has 0 amide bonds. The van der Waals surface area contributed by atoms with Crippen molar-refractivity contribution in [2.24, 2.45) is 16.6 Å². The average Bonchev–Trinajstić information content (AvgIpc) is 3.24. The van der Waals surface area contributed by atoms with Gasteiger partial charge in [0, 0.05) is 66.9 Å². The number of thiol groups is 1. The molecule has 1 atom stereocenters. The number of halogens is 5. The molecule has 25 heteroatoms. The van der Waals surface area contributed by atoms with Crippen LogP contribution >= 0.6 is 88.0 Å². The summed E-state index contributed by atoms with van der Waals surface area (Å²) in [6.07, 6.45) is 5.53. The molecule has 0 saturated carbocycles. The summed E-state index contributed by atoms with van der Waals surface area (Å²) in [6, 6.07) is 3.27. The first-order valence-electron chi connectivity index (χ1n) is 24.5. The van der Waals surface area contributed by atoms with E-state index in [4.69, 9.17) is 61.3 Å². The molecule has 0 heterocycles. The molecule has 0 fully saturated rings. The number of hydrogen-bond donors (Lipinski definition) is 7. The van der Waals surface area contributed by atoms with Crippen molar-refractivity contribution in [2.75, 3.05) is 100.0 Å². The van der Waals surface area contributed by atoms with Gasteiger partial charge in [-0.1, -0.05) is 78.2 Å². The molecule has 14 nitrogen and oxygen atoms in total. The van der Waals surface area contributed by atoms with Crippen LogP contribution in [0.2, 0.25) is 0 Å². The molecule has 0 aromatic carbocycles. The van der Waals surface area contributed by atoms with Crippen LogP contribution in [0.4, 0.5) is 0 Å². The van der Waals surface area contributed by atoms with E-state index in [0.717, 1.165) is 113 Å². The zero-order valence-electron chi connectivity index (χ0n) is 51.3. The Balaban J connectivity index is -0.0000000361. The van der Waals surface area contributed by atoms with E-state index in [0.29, 0.717) is 37.1 Å². The summed E-state index contributed by atoms with van der Waals surface area (Å²) in [5, 5.41) is 25.6. The van der Waals surface area contributed by atoms with Crippen LogP contribution < -0.4 is 160 Å². The van der Waals surface area contributed by atoms with Crippen LogP contribution in [-0.4, -0.2) is 172 Å². The Morgan fingerprint density at radius 1 is 0.789 bits per heavy atom. The molecule has 0 aromatic rings. The maximum absolute atomic E-state index is 8.64. The van der Waals surface area contributed by atoms with Crippen molar-refractivity contribution < 1.29 is 161 Å². The third-order valence-corrected chi connectivity index (χ3v) is 10.4. The fraction of sp³-hybridized carbons (Fsp3) is 0.957. The predicted octanol–water partition coefficient (Wildman–Crippen LogP) is 1.12. The first-order chi connectivity index (χ1) is 31.4. The van der Waals surface area contributed by atoms with Gasteiger partial charge in [0.2, 0.25) is 0 Å². The van der Waals surface area contributed by atoms with Crippen molar-refractivity contribution in [2.45, 2.75) is 187 Å². The van der Waals surface area contributed by atoms with Gasteiger partial charge in [0.05, 0.1) is 0 Å². The first kappa shape index (κ1) is 111. The molecule has 0 radical (unpaired) electrons. The van der Waals surface area contributed by atoms with Gasteiger partial charge in [0.25, 0.3) is 6.47 Å². The van der Waals surface area contributed by atoms with E-state index in [1.807, 2.05) is 0 Å². The van der Waals surface area contributed by atoms with E-state index < -0.39 is 10.9 Å². The first-order valence-corrected chi connectivity index (χ1v) is 29.0. The molecule has 10 N–H and O–H groups in total. The Morgan fingerprint density at radius 3 is 1.14 bits per heavy atom. The number of nitrogens with two attached hydrogens (primary N) is 3. The van der Waals surface area contributed by atoms with E-state index in [1.54, 1.807) is 13.8 Å². The number of hydrogen-bond acceptors (Lipinski definition) is 13.